The van der Waals surface area contributed by atoms with Crippen LogP contribution in [0.4, 0.5) is 0 Å². The van der Waals surface area contributed by atoms with Crippen molar-refractivity contribution < 1.29 is 19.5 Å². The van der Waals surface area contributed by atoms with Crippen molar-refractivity contribution in [1.82, 2.24) is 0 Å². The Bertz CT molecular complexity index is 375. The molecule has 4 nitrogen and oxygen atoms in total. The third-order valence-corrected chi connectivity index (χ3v) is 2.04. The van der Waals surface area contributed by atoms with Crippen molar-refractivity contribution >= 4 is 18.4 Å². The van der Waals surface area contributed by atoms with E-state index in [4.69, 9.17) is 4.76 Å². The lowest BCUT2D eigenvalue weighted by Gasteiger charge is -2.29. The van der Waals surface area contributed by atoms with Crippen molar-refractivity contribution in [1.29, 1.82) is 0 Å². The van der Waals surface area contributed by atoms with Crippen LogP contribution < -0.4 is 5.46 Å². The Morgan fingerprint density at radius 3 is 2.77 bits per heavy atom. The minimum Gasteiger partial charge on any atom is -0.541 e. The molecule has 1 aliphatic rings. The van der Waals surface area contributed by atoms with Gasteiger partial charge >= 0.3 is 6.75 Å². The fourth-order valence-electron chi connectivity index (χ4n) is 1.49. The molecule has 0 aromatic heterocycles. The van der Waals surface area contributed by atoms with Gasteiger partial charge in [0.25, 0.3) is 0 Å². The van der Waals surface area contributed by atoms with E-state index in [9.17, 15) is 10.0 Å². The molecule has 0 unspecified atom stereocenters. The Morgan fingerprint density at radius 2 is 2.00 bits per heavy atom. The molecule has 1 aromatic rings. The van der Waals surface area contributed by atoms with E-state index < -0.39 is 6.75 Å². The van der Waals surface area contributed by atoms with Gasteiger partial charge < -0.3 is 14.8 Å². The highest BCUT2D eigenvalue weighted by molar-refractivity contribution is 6.73. The van der Waals surface area contributed by atoms with E-state index in [0.717, 1.165) is 5.56 Å². The van der Waals surface area contributed by atoms with E-state index >= 15 is 0 Å². The molecule has 0 spiro atoms. The second-order valence-corrected chi connectivity index (χ2v) is 3.11. The van der Waals surface area contributed by atoms with Crippen LogP contribution in [0.3, 0.4) is 0 Å². The van der Waals surface area contributed by atoms with E-state index in [0.29, 0.717) is 5.46 Å². The molecule has 68 valence electrons. The molecule has 0 radical (unpaired) electrons. The lowest BCUT2D eigenvalue weighted by atomic mass is 9.68. The summed E-state index contributed by atoms with van der Waals surface area (Å²) < 4.78 is 6.15. The maximum atomic E-state index is 9.53. The highest BCUT2D eigenvalue weighted by Crippen LogP contribution is 2.06. The zero-order chi connectivity index (χ0) is 9.47. The van der Waals surface area contributed by atoms with Gasteiger partial charge in [-0.25, -0.2) is 0 Å². The van der Waals surface area contributed by atoms with Crippen molar-refractivity contribution in [3.8, 4) is 0 Å². The Balaban J connectivity index is 2.62. The van der Waals surface area contributed by atoms with Crippen LogP contribution in [-0.2, 0) is 4.76 Å². The maximum absolute atomic E-state index is 9.53. The van der Waals surface area contributed by atoms with E-state index in [1.165, 1.54) is 4.74 Å². The predicted molar refractivity (Wildman–Crippen MR) is 48.7 cm³/mol. The summed E-state index contributed by atoms with van der Waals surface area (Å²) in [4.78, 5) is 0. The molecule has 2 rings (SSSR count). The van der Waals surface area contributed by atoms with Gasteiger partial charge in [-0.05, 0) is 0 Å². The third kappa shape index (κ3) is 1.32. The summed E-state index contributed by atoms with van der Waals surface area (Å²) in [5.74, 6) is 0. The van der Waals surface area contributed by atoms with Gasteiger partial charge in [-0.2, -0.15) is 0 Å². The topological polar surface area (TPSA) is 52.7 Å². The SMILES string of the molecule is C[N+]1=Cc2ccccc2[B-](O)(O)O1. The second-order valence-electron chi connectivity index (χ2n) is 3.11. The van der Waals surface area contributed by atoms with Crippen LogP contribution >= 0.6 is 0 Å². The largest absolute Gasteiger partial charge is 0.541 e. The first-order chi connectivity index (χ1) is 6.09. The summed E-state index contributed by atoms with van der Waals surface area (Å²) in [6, 6.07) is 7.01. The van der Waals surface area contributed by atoms with Gasteiger partial charge in [-0.15, -0.1) is 0 Å². The zero-order valence-electron chi connectivity index (χ0n) is 7.21. The number of hydroxylamine groups is 1. The van der Waals surface area contributed by atoms with Gasteiger partial charge in [0.15, 0.2) is 7.05 Å². The normalized spacial score (nSPS) is 18.5. The summed E-state index contributed by atoms with van der Waals surface area (Å²) in [7, 11) is 1.61. The first kappa shape index (κ1) is 8.28. The van der Waals surface area contributed by atoms with Crippen molar-refractivity contribution in [2.75, 3.05) is 7.05 Å². The first-order valence-electron chi connectivity index (χ1n) is 4.04. The molecule has 1 aliphatic heterocycles. The first-order valence-corrected chi connectivity index (χ1v) is 4.04. The van der Waals surface area contributed by atoms with Gasteiger partial charge in [0.05, 0.1) is 0 Å². The summed E-state index contributed by atoms with van der Waals surface area (Å²) in [6.45, 7) is -2.88. The van der Waals surface area contributed by atoms with Crippen molar-refractivity contribution in [3.05, 3.63) is 29.8 Å². The standard InChI is InChI=1S/C8H10BNO3/c1-10-6-7-4-2-3-5-8(7)9(11,12)13-10/h2-6,11-12H,1H3. The van der Waals surface area contributed by atoms with Crippen LogP contribution in [-0.4, -0.2) is 34.8 Å². The molecule has 5 heteroatoms. The minimum absolute atomic E-state index is 0.417. The monoisotopic (exact) mass is 179 g/mol. The molecular weight excluding hydrogens is 169 g/mol. The molecular formula is C8H10BNO3. The Hall–Kier alpha value is -1.33. The van der Waals surface area contributed by atoms with Crippen LogP contribution in [0.25, 0.3) is 0 Å². The maximum Gasteiger partial charge on any atom is 0.521 e. The van der Waals surface area contributed by atoms with Gasteiger partial charge in [0.2, 0.25) is 6.21 Å². The number of nitrogens with zero attached hydrogens (tertiary/aromatic N) is 1. The quantitative estimate of drug-likeness (QED) is 0.389. The summed E-state index contributed by atoms with van der Waals surface area (Å²) in [5.41, 5.74) is 1.18. The molecule has 0 amide bonds. The minimum atomic E-state index is -2.88. The lowest BCUT2D eigenvalue weighted by Crippen LogP contribution is -2.57. The molecule has 0 atom stereocenters. The van der Waals surface area contributed by atoms with E-state index in [1.807, 2.05) is 6.07 Å². The molecule has 0 fully saturated rings. The molecule has 1 heterocycles. The van der Waals surface area contributed by atoms with Crippen LogP contribution in [0.1, 0.15) is 5.56 Å². The van der Waals surface area contributed by atoms with E-state index in [-0.39, 0.29) is 0 Å². The summed E-state index contributed by atoms with van der Waals surface area (Å²) in [5, 5.41) is 19.1. The molecule has 1 aromatic carbocycles. The Kier molecular flexibility index (Phi) is 1.64. The van der Waals surface area contributed by atoms with Crippen LogP contribution in [0, 0.1) is 0 Å². The molecule has 0 bridgehead atoms. The summed E-state index contributed by atoms with van der Waals surface area (Å²) >= 11 is 0. The second kappa shape index (κ2) is 2.58. The number of hydrogen-bond acceptors (Lipinski definition) is 3. The average Bonchev–Trinajstić information content (AvgIpc) is 2.02. The lowest BCUT2D eigenvalue weighted by molar-refractivity contribution is -0.735. The van der Waals surface area contributed by atoms with E-state index in [1.54, 1.807) is 31.5 Å². The molecule has 0 aliphatic carbocycles. The molecule has 0 saturated carbocycles. The summed E-state index contributed by atoms with van der Waals surface area (Å²) in [6.07, 6.45) is 1.70. The van der Waals surface area contributed by atoms with Gasteiger partial charge in [0, 0.05) is 5.56 Å². The molecule has 0 saturated heterocycles. The Labute approximate surface area is 75.7 Å². The number of benzene rings is 1. The van der Waals surface area contributed by atoms with Crippen molar-refractivity contribution in [3.63, 3.8) is 0 Å². The van der Waals surface area contributed by atoms with Crippen LogP contribution in [0.15, 0.2) is 24.3 Å². The van der Waals surface area contributed by atoms with E-state index in [2.05, 4.69) is 0 Å². The molecule has 13 heavy (non-hydrogen) atoms. The van der Waals surface area contributed by atoms with Gasteiger partial charge in [0.1, 0.15) is 0 Å². The van der Waals surface area contributed by atoms with Gasteiger partial charge in [-0.3, -0.25) is 0 Å². The van der Waals surface area contributed by atoms with Crippen LogP contribution in [0.5, 0.6) is 0 Å². The molecule has 2 N–H and O–H groups in total. The fraction of sp³-hybridized carbons (Fsp3) is 0.125. The smallest absolute Gasteiger partial charge is 0.521 e. The number of hydrogen-bond donors (Lipinski definition) is 2. The fourth-order valence-corrected chi connectivity index (χ4v) is 1.49. The predicted octanol–water partition coefficient (Wildman–Crippen LogP) is -1.18. The Morgan fingerprint density at radius 1 is 1.31 bits per heavy atom. The third-order valence-electron chi connectivity index (χ3n) is 2.04. The number of fused-ring (bicyclic) bond motifs is 1. The van der Waals surface area contributed by atoms with Gasteiger partial charge in [-0.1, -0.05) is 34.5 Å². The highest BCUT2D eigenvalue weighted by Gasteiger charge is 2.35. The average molecular weight is 179 g/mol. The van der Waals surface area contributed by atoms with Crippen molar-refractivity contribution in [2.45, 2.75) is 0 Å². The van der Waals surface area contributed by atoms with Crippen LogP contribution in [0.2, 0.25) is 0 Å². The number of rotatable bonds is 0. The van der Waals surface area contributed by atoms with Crippen molar-refractivity contribution in [2.24, 2.45) is 0 Å². The highest BCUT2D eigenvalue weighted by atomic mass is 16.7. The zero-order valence-corrected chi connectivity index (χ0v) is 7.21.